The van der Waals surface area contributed by atoms with Gasteiger partial charge in [-0.15, -0.1) is 12.3 Å². The first-order chi connectivity index (χ1) is 8.95. The Bertz CT molecular complexity index is 540. The summed E-state index contributed by atoms with van der Waals surface area (Å²) in [5, 5.41) is 13.9. The smallest absolute Gasteiger partial charge is 0.327 e. The molecular weight excluding hydrogens is 291 g/mol. The molecule has 0 radical (unpaired) electrons. The van der Waals surface area contributed by atoms with E-state index in [0.717, 1.165) is 0 Å². The third kappa shape index (κ3) is 4.36. The summed E-state index contributed by atoms with van der Waals surface area (Å²) in [6, 6.07) is 2.80. The molecule has 0 fully saturated rings. The Morgan fingerprint density at radius 3 is 2.68 bits per heavy atom. The SMILES string of the molecule is C#CCC(NC(=O)Nc1cccc(Cl)c1Cl)C(=O)O. The van der Waals surface area contributed by atoms with Gasteiger partial charge in [0.15, 0.2) is 0 Å². The number of halogens is 2. The number of benzene rings is 1. The second kappa shape index (κ2) is 6.88. The standard InChI is InChI=1S/C12H10Cl2N2O3/c1-2-4-9(11(17)18)16-12(19)15-8-6-3-5-7(13)10(8)14/h1,3,5-6,9H,4H2,(H,17,18)(H2,15,16,19). The van der Waals surface area contributed by atoms with Gasteiger partial charge in [-0.1, -0.05) is 29.3 Å². The van der Waals surface area contributed by atoms with Crippen molar-refractivity contribution in [2.24, 2.45) is 0 Å². The van der Waals surface area contributed by atoms with E-state index in [2.05, 4.69) is 16.6 Å². The molecule has 3 N–H and O–H groups in total. The zero-order valence-electron chi connectivity index (χ0n) is 9.61. The first kappa shape index (κ1) is 15.2. The van der Waals surface area contributed by atoms with Gasteiger partial charge in [0.1, 0.15) is 6.04 Å². The predicted molar refractivity (Wildman–Crippen MR) is 73.5 cm³/mol. The van der Waals surface area contributed by atoms with Crippen LogP contribution in [-0.2, 0) is 4.79 Å². The summed E-state index contributed by atoms with van der Waals surface area (Å²) in [6.45, 7) is 0. The van der Waals surface area contributed by atoms with Crippen LogP contribution >= 0.6 is 23.2 Å². The van der Waals surface area contributed by atoms with Crippen molar-refractivity contribution < 1.29 is 14.7 Å². The van der Waals surface area contributed by atoms with Crippen molar-refractivity contribution in [2.75, 3.05) is 5.32 Å². The van der Waals surface area contributed by atoms with Crippen LogP contribution in [0.5, 0.6) is 0 Å². The number of anilines is 1. The maximum absolute atomic E-state index is 11.6. The van der Waals surface area contributed by atoms with Gasteiger partial charge in [-0.25, -0.2) is 9.59 Å². The number of carbonyl (C=O) groups is 2. The largest absolute Gasteiger partial charge is 0.480 e. The van der Waals surface area contributed by atoms with Crippen molar-refractivity contribution in [1.29, 1.82) is 0 Å². The van der Waals surface area contributed by atoms with E-state index in [1.807, 2.05) is 0 Å². The summed E-state index contributed by atoms with van der Waals surface area (Å²) in [7, 11) is 0. The minimum absolute atomic E-state index is 0.119. The van der Waals surface area contributed by atoms with Crippen molar-refractivity contribution >= 4 is 40.9 Å². The van der Waals surface area contributed by atoms with Gasteiger partial charge < -0.3 is 15.7 Å². The summed E-state index contributed by atoms with van der Waals surface area (Å²) >= 11 is 11.7. The van der Waals surface area contributed by atoms with E-state index in [1.165, 1.54) is 6.07 Å². The molecule has 7 heteroatoms. The Balaban J connectivity index is 2.72. The molecule has 1 aromatic carbocycles. The van der Waals surface area contributed by atoms with Crippen LogP contribution < -0.4 is 10.6 Å². The lowest BCUT2D eigenvalue weighted by atomic mass is 10.2. The van der Waals surface area contributed by atoms with Gasteiger partial charge in [-0.2, -0.15) is 0 Å². The molecule has 1 unspecified atom stereocenters. The lowest BCUT2D eigenvalue weighted by molar-refractivity contribution is -0.139. The fourth-order valence-corrected chi connectivity index (χ4v) is 1.58. The highest BCUT2D eigenvalue weighted by Gasteiger charge is 2.19. The summed E-state index contributed by atoms with van der Waals surface area (Å²) in [4.78, 5) is 22.4. The van der Waals surface area contributed by atoms with Gasteiger partial charge in [-0.05, 0) is 12.1 Å². The van der Waals surface area contributed by atoms with Crippen LogP contribution in [0.2, 0.25) is 10.0 Å². The first-order valence-electron chi connectivity index (χ1n) is 5.13. The van der Waals surface area contributed by atoms with Crippen LogP contribution in [0.15, 0.2) is 18.2 Å². The molecule has 0 heterocycles. The second-order valence-electron chi connectivity index (χ2n) is 3.50. The average Bonchev–Trinajstić information content (AvgIpc) is 2.34. The van der Waals surface area contributed by atoms with E-state index in [1.54, 1.807) is 12.1 Å². The fraction of sp³-hybridized carbons (Fsp3) is 0.167. The topological polar surface area (TPSA) is 78.4 Å². The Morgan fingerprint density at radius 2 is 2.11 bits per heavy atom. The van der Waals surface area contributed by atoms with Crippen molar-refractivity contribution in [2.45, 2.75) is 12.5 Å². The van der Waals surface area contributed by atoms with Crippen LogP contribution in [0.25, 0.3) is 0 Å². The Hall–Kier alpha value is -1.90. The number of hydrogen-bond donors (Lipinski definition) is 3. The van der Waals surface area contributed by atoms with Crippen molar-refractivity contribution in [3.8, 4) is 12.3 Å². The molecule has 19 heavy (non-hydrogen) atoms. The van der Waals surface area contributed by atoms with Gasteiger partial charge in [-0.3, -0.25) is 0 Å². The number of hydrogen-bond acceptors (Lipinski definition) is 2. The van der Waals surface area contributed by atoms with Crippen LogP contribution in [-0.4, -0.2) is 23.1 Å². The monoisotopic (exact) mass is 300 g/mol. The van der Waals surface area contributed by atoms with Crippen molar-refractivity contribution in [3.05, 3.63) is 28.2 Å². The second-order valence-corrected chi connectivity index (χ2v) is 4.28. The molecule has 0 spiro atoms. The molecule has 0 saturated carbocycles. The quantitative estimate of drug-likeness (QED) is 0.748. The van der Waals surface area contributed by atoms with Gasteiger partial charge in [0, 0.05) is 6.42 Å². The highest BCUT2D eigenvalue weighted by molar-refractivity contribution is 6.43. The van der Waals surface area contributed by atoms with Gasteiger partial charge in [0.25, 0.3) is 0 Å². The molecule has 5 nitrogen and oxygen atoms in total. The maximum atomic E-state index is 11.6. The normalized spacial score (nSPS) is 11.2. The Labute approximate surface area is 119 Å². The van der Waals surface area contributed by atoms with Gasteiger partial charge in [0.2, 0.25) is 0 Å². The van der Waals surface area contributed by atoms with E-state index in [4.69, 9.17) is 34.7 Å². The highest BCUT2D eigenvalue weighted by Crippen LogP contribution is 2.29. The molecule has 100 valence electrons. The van der Waals surface area contributed by atoms with Gasteiger partial charge in [0.05, 0.1) is 15.7 Å². The molecule has 0 aromatic heterocycles. The number of aliphatic carboxylic acids is 1. The number of urea groups is 1. The summed E-state index contributed by atoms with van der Waals surface area (Å²) in [5.74, 6) is 0.951. The van der Waals surface area contributed by atoms with Crippen molar-refractivity contribution in [3.63, 3.8) is 0 Å². The van der Waals surface area contributed by atoms with E-state index in [-0.39, 0.29) is 22.2 Å². The first-order valence-corrected chi connectivity index (χ1v) is 5.89. The van der Waals surface area contributed by atoms with E-state index < -0.39 is 18.0 Å². The molecule has 0 saturated heterocycles. The van der Waals surface area contributed by atoms with Crippen LogP contribution in [0.4, 0.5) is 10.5 Å². The van der Waals surface area contributed by atoms with Crippen LogP contribution in [0.3, 0.4) is 0 Å². The molecular formula is C12H10Cl2N2O3. The van der Waals surface area contributed by atoms with Crippen LogP contribution in [0.1, 0.15) is 6.42 Å². The molecule has 0 aliphatic rings. The number of nitrogens with one attached hydrogen (secondary N) is 2. The summed E-state index contributed by atoms with van der Waals surface area (Å²) in [6.07, 6.45) is 4.90. The number of terminal acetylenes is 1. The lowest BCUT2D eigenvalue weighted by Gasteiger charge is -2.13. The number of amides is 2. The molecule has 1 atom stereocenters. The van der Waals surface area contributed by atoms with E-state index >= 15 is 0 Å². The average molecular weight is 301 g/mol. The van der Waals surface area contributed by atoms with Crippen molar-refractivity contribution in [1.82, 2.24) is 5.32 Å². The molecule has 0 bridgehead atoms. The zero-order valence-corrected chi connectivity index (χ0v) is 11.1. The lowest BCUT2D eigenvalue weighted by Crippen LogP contribution is -2.42. The third-order valence-electron chi connectivity index (χ3n) is 2.13. The minimum atomic E-state index is -1.22. The minimum Gasteiger partial charge on any atom is -0.480 e. The number of carboxylic acids is 1. The van der Waals surface area contributed by atoms with E-state index in [9.17, 15) is 9.59 Å². The Morgan fingerprint density at radius 1 is 1.42 bits per heavy atom. The Kier molecular flexibility index (Phi) is 5.49. The fourth-order valence-electron chi connectivity index (χ4n) is 1.23. The predicted octanol–water partition coefficient (Wildman–Crippen LogP) is 2.59. The number of carboxylic acid groups (broad SMARTS) is 1. The summed E-state index contributed by atoms with van der Waals surface area (Å²) < 4.78 is 0. The molecule has 1 aromatic rings. The van der Waals surface area contributed by atoms with Crippen LogP contribution in [0, 0.1) is 12.3 Å². The third-order valence-corrected chi connectivity index (χ3v) is 2.94. The number of rotatable bonds is 4. The molecule has 0 aliphatic heterocycles. The van der Waals surface area contributed by atoms with E-state index in [0.29, 0.717) is 0 Å². The molecule has 1 rings (SSSR count). The number of carbonyl (C=O) groups excluding carboxylic acids is 1. The molecule has 2 amide bonds. The molecule has 0 aliphatic carbocycles. The summed E-state index contributed by atoms with van der Waals surface area (Å²) in [5.41, 5.74) is 0.275. The zero-order chi connectivity index (χ0) is 14.4. The highest BCUT2D eigenvalue weighted by atomic mass is 35.5. The van der Waals surface area contributed by atoms with Gasteiger partial charge >= 0.3 is 12.0 Å². The maximum Gasteiger partial charge on any atom is 0.327 e.